The van der Waals surface area contributed by atoms with Crippen LogP contribution in [0, 0.1) is 0 Å². The maximum Gasteiger partial charge on any atom is 0.115 e. The molecule has 11 heavy (non-hydrogen) atoms. The lowest BCUT2D eigenvalue weighted by Crippen LogP contribution is -2.32. The SMILES string of the molecule is CO[C@H]1CO[C@H]2[C@H]1OC[C@H]2O. The predicted octanol–water partition coefficient (Wildman–Crippen LogP) is -0.840. The van der Waals surface area contributed by atoms with Crippen molar-refractivity contribution < 1.29 is 19.3 Å². The fourth-order valence-electron chi connectivity index (χ4n) is 1.65. The zero-order valence-electron chi connectivity index (χ0n) is 6.40. The van der Waals surface area contributed by atoms with Crippen molar-refractivity contribution in [3.8, 4) is 0 Å². The molecule has 4 nitrogen and oxygen atoms in total. The Balaban J connectivity index is 2.04. The maximum absolute atomic E-state index is 9.31. The minimum absolute atomic E-state index is 0.00264. The summed E-state index contributed by atoms with van der Waals surface area (Å²) in [6.07, 6.45) is -0.702. The molecule has 0 aliphatic carbocycles. The molecule has 0 bridgehead atoms. The van der Waals surface area contributed by atoms with Crippen molar-refractivity contribution in [1.29, 1.82) is 0 Å². The molecular formula is C7H12O4. The first kappa shape index (κ1) is 7.49. The van der Waals surface area contributed by atoms with E-state index in [2.05, 4.69) is 0 Å². The standard InChI is InChI=1S/C7H12O4/c1-9-5-3-11-6-4(8)2-10-7(5)6/h4-8H,2-3H2,1H3/t4-,5+,6-,7+/m1/s1. The van der Waals surface area contributed by atoms with Crippen LogP contribution in [0.3, 0.4) is 0 Å². The Kier molecular flexibility index (Phi) is 1.85. The number of aliphatic hydroxyl groups excluding tert-OH is 1. The van der Waals surface area contributed by atoms with Gasteiger partial charge in [0.25, 0.3) is 0 Å². The van der Waals surface area contributed by atoms with E-state index in [1.54, 1.807) is 7.11 Å². The fourth-order valence-corrected chi connectivity index (χ4v) is 1.65. The predicted molar refractivity (Wildman–Crippen MR) is 36.3 cm³/mol. The van der Waals surface area contributed by atoms with Gasteiger partial charge in [-0.2, -0.15) is 0 Å². The highest BCUT2D eigenvalue weighted by Gasteiger charge is 2.47. The van der Waals surface area contributed by atoms with E-state index in [0.29, 0.717) is 13.2 Å². The van der Waals surface area contributed by atoms with Crippen LogP contribution < -0.4 is 0 Å². The number of hydrogen-bond donors (Lipinski definition) is 1. The van der Waals surface area contributed by atoms with Crippen LogP contribution in [0.1, 0.15) is 0 Å². The summed E-state index contributed by atoms with van der Waals surface area (Å²) in [5.41, 5.74) is 0. The summed E-state index contributed by atoms with van der Waals surface area (Å²) in [4.78, 5) is 0. The highest BCUT2D eigenvalue weighted by Crippen LogP contribution is 2.28. The molecule has 0 amide bonds. The van der Waals surface area contributed by atoms with Gasteiger partial charge in [-0.15, -0.1) is 0 Å². The molecule has 64 valence electrons. The minimum Gasteiger partial charge on any atom is -0.388 e. The molecule has 2 heterocycles. The highest BCUT2D eigenvalue weighted by atomic mass is 16.6. The first-order chi connectivity index (χ1) is 5.33. The summed E-state index contributed by atoms with van der Waals surface area (Å²) >= 11 is 0. The van der Waals surface area contributed by atoms with Crippen LogP contribution in [-0.4, -0.2) is 49.8 Å². The van der Waals surface area contributed by atoms with Crippen LogP contribution >= 0.6 is 0 Å². The third kappa shape index (κ3) is 1.06. The van der Waals surface area contributed by atoms with Gasteiger partial charge in [0.1, 0.15) is 24.4 Å². The molecule has 4 atom stereocenters. The summed E-state index contributed by atoms with van der Waals surface area (Å²) in [5.74, 6) is 0. The Bertz CT molecular complexity index is 149. The third-order valence-electron chi connectivity index (χ3n) is 2.28. The molecule has 0 aromatic carbocycles. The quantitative estimate of drug-likeness (QED) is 0.543. The highest BCUT2D eigenvalue weighted by molar-refractivity contribution is 4.94. The Morgan fingerprint density at radius 2 is 2.00 bits per heavy atom. The van der Waals surface area contributed by atoms with Crippen molar-refractivity contribution in [2.24, 2.45) is 0 Å². The second kappa shape index (κ2) is 2.71. The molecule has 0 saturated carbocycles. The Morgan fingerprint density at radius 1 is 1.27 bits per heavy atom. The normalized spacial score (nSPS) is 49.6. The number of ether oxygens (including phenoxy) is 3. The topological polar surface area (TPSA) is 47.9 Å². The van der Waals surface area contributed by atoms with Crippen LogP contribution in [0.2, 0.25) is 0 Å². The molecule has 2 rings (SSSR count). The molecule has 2 fully saturated rings. The molecule has 1 N–H and O–H groups in total. The first-order valence-electron chi connectivity index (χ1n) is 3.77. The van der Waals surface area contributed by atoms with Crippen molar-refractivity contribution in [2.75, 3.05) is 20.3 Å². The maximum atomic E-state index is 9.31. The van der Waals surface area contributed by atoms with Crippen LogP contribution in [0.4, 0.5) is 0 Å². The number of fused-ring (bicyclic) bond motifs is 1. The molecular weight excluding hydrogens is 148 g/mol. The van der Waals surface area contributed by atoms with Gasteiger partial charge in [0.15, 0.2) is 0 Å². The molecule has 0 spiro atoms. The average molecular weight is 160 g/mol. The lowest BCUT2D eigenvalue weighted by molar-refractivity contribution is -0.0168. The largest absolute Gasteiger partial charge is 0.388 e. The summed E-state index contributed by atoms with van der Waals surface area (Å²) in [5, 5.41) is 9.31. The van der Waals surface area contributed by atoms with E-state index in [4.69, 9.17) is 14.2 Å². The second-order valence-electron chi connectivity index (χ2n) is 2.94. The summed E-state index contributed by atoms with van der Waals surface area (Å²) in [6, 6.07) is 0. The van der Waals surface area contributed by atoms with Gasteiger partial charge in [-0.05, 0) is 0 Å². The minimum atomic E-state index is -0.472. The molecule has 0 aromatic heterocycles. The Morgan fingerprint density at radius 3 is 2.73 bits per heavy atom. The van der Waals surface area contributed by atoms with Crippen molar-refractivity contribution in [1.82, 2.24) is 0 Å². The van der Waals surface area contributed by atoms with Gasteiger partial charge < -0.3 is 19.3 Å². The van der Waals surface area contributed by atoms with Crippen LogP contribution in [-0.2, 0) is 14.2 Å². The lowest BCUT2D eigenvalue weighted by atomic mass is 10.1. The molecule has 0 unspecified atom stereocenters. The van der Waals surface area contributed by atoms with E-state index in [1.807, 2.05) is 0 Å². The first-order valence-corrected chi connectivity index (χ1v) is 3.77. The summed E-state index contributed by atoms with van der Waals surface area (Å²) < 4.78 is 15.7. The van der Waals surface area contributed by atoms with E-state index >= 15 is 0 Å². The average Bonchev–Trinajstić information content (AvgIpc) is 2.53. The monoisotopic (exact) mass is 160 g/mol. The van der Waals surface area contributed by atoms with Gasteiger partial charge in [-0.1, -0.05) is 0 Å². The van der Waals surface area contributed by atoms with E-state index < -0.39 is 6.10 Å². The molecule has 4 heteroatoms. The van der Waals surface area contributed by atoms with Gasteiger partial charge in [0.2, 0.25) is 0 Å². The van der Waals surface area contributed by atoms with Gasteiger partial charge in [-0.3, -0.25) is 0 Å². The molecule has 0 aromatic rings. The van der Waals surface area contributed by atoms with Gasteiger partial charge >= 0.3 is 0 Å². The van der Waals surface area contributed by atoms with Crippen molar-refractivity contribution in [3.63, 3.8) is 0 Å². The fraction of sp³-hybridized carbons (Fsp3) is 1.00. The summed E-state index contributed by atoms with van der Waals surface area (Å²) in [6.45, 7) is 0.901. The Labute approximate surface area is 65.1 Å². The third-order valence-corrected chi connectivity index (χ3v) is 2.28. The molecule has 0 radical (unpaired) electrons. The van der Waals surface area contributed by atoms with Gasteiger partial charge in [0.05, 0.1) is 13.2 Å². The molecule has 2 aliphatic heterocycles. The van der Waals surface area contributed by atoms with Crippen molar-refractivity contribution in [2.45, 2.75) is 24.4 Å². The number of hydrogen-bond acceptors (Lipinski definition) is 4. The number of methoxy groups -OCH3 is 1. The van der Waals surface area contributed by atoms with Crippen molar-refractivity contribution >= 4 is 0 Å². The zero-order valence-corrected chi connectivity index (χ0v) is 6.40. The Hall–Kier alpha value is -0.160. The van der Waals surface area contributed by atoms with Crippen LogP contribution in [0.25, 0.3) is 0 Å². The number of aliphatic hydroxyl groups is 1. The summed E-state index contributed by atoms with van der Waals surface area (Å²) in [7, 11) is 1.63. The van der Waals surface area contributed by atoms with Crippen LogP contribution in [0.5, 0.6) is 0 Å². The molecule has 2 saturated heterocycles. The van der Waals surface area contributed by atoms with Gasteiger partial charge in [-0.25, -0.2) is 0 Å². The van der Waals surface area contributed by atoms with Crippen LogP contribution in [0.15, 0.2) is 0 Å². The second-order valence-corrected chi connectivity index (χ2v) is 2.94. The molecule has 2 aliphatic rings. The lowest BCUT2D eigenvalue weighted by Gasteiger charge is -2.12. The smallest absolute Gasteiger partial charge is 0.115 e. The van der Waals surface area contributed by atoms with E-state index in [9.17, 15) is 5.11 Å². The van der Waals surface area contributed by atoms with E-state index in [0.717, 1.165) is 0 Å². The van der Waals surface area contributed by atoms with E-state index in [-0.39, 0.29) is 18.3 Å². The number of rotatable bonds is 1. The zero-order chi connectivity index (χ0) is 7.84. The van der Waals surface area contributed by atoms with Crippen molar-refractivity contribution in [3.05, 3.63) is 0 Å². The van der Waals surface area contributed by atoms with E-state index in [1.165, 1.54) is 0 Å². The van der Waals surface area contributed by atoms with Gasteiger partial charge in [0, 0.05) is 7.11 Å².